The molecular weight excluding hydrogens is 262 g/mol. The van der Waals surface area contributed by atoms with E-state index in [1.54, 1.807) is 18.4 Å². The van der Waals surface area contributed by atoms with Crippen molar-refractivity contribution in [2.75, 3.05) is 40.5 Å². The van der Waals surface area contributed by atoms with Crippen molar-refractivity contribution in [2.24, 2.45) is 0 Å². The molecule has 5 heteroatoms. The molecule has 0 aromatic carbocycles. The minimum Gasteiger partial charge on any atom is -0.389 e. The van der Waals surface area contributed by atoms with Crippen LogP contribution in [0.2, 0.25) is 0 Å². The van der Waals surface area contributed by atoms with Gasteiger partial charge in [0.25, 0.3) is 0 Å². The van der Waals surface area contributed by atoms with Crippen LogP contribution in [0.4, 0.5) is 0 Å². The minimum atomic E-state index is -0.451. The second-order valence-electron chi connectivity index (χ2n) is 4.84. The maximum absolute atomic E-state index is 9.89. The highest BCUT2D eigenvalue weighted by atomic mass is 32.1. The first kappa shape index (κ1) is 16.6. The molecule has 0 fully saturated rings. The van der Waals surface area contributed by atoms with Crippen LogP contribution in [0.3, 0.4) is 0 Å². The van der Waals surface area contributed by atoms with E-state index < -0.39 is 6.10 Å². The SMILES string of the molecule is COCC(C)OCC(O)CN(C)CCc1cccs1. The van der Waals surface area contributed by atoms with E-state index in [-0.39, 0.29) is 6.10 Å². The monoisotopic (exact) mass is 287 g/mol. The molecule has 2 atom stereocenters. The zero-order chi connectivity index (χ0) is 14.1. The molecule has 0 bridgehead atoms. The molecule has 4 nitrogen and oxygen atoms in total. The lowest BCUT2D eigenvalue weighted by Gasteiger charge is -2.21. The molecule has 2 unspecified atom stereocenters. The smallest absolute Gasteiger partial charge is 0.0900 e. The van der Waals surface area contributed by atoms with E-state index in [0.29, 0.717) is 19.8 Å². The first-order valence-corrected chi connectivity index (χ1v) is 7.49. The Morgan fingerprint density at radius 2 is 2.21 bits per heavy atom. The summed E-state index contributed by atoms with van der Waals surface area (Å²) in [5.74, 6) is 0. The van der Waals surface area contributed by atoms with E-state index in [0.717, 1.165) is 13.0 Å². The maximum atomic E-state index is 9.89. The number of thiophene rings is 1. The quantitative estimate of drug-likeness (QED) is 0.710. The van der Waals surface area contributed by atoms with Gasteiger partial charge in [-0.3, -0.25) is 0 Å². The van der Waals surface area contributed by atoms with E-state index in [2.05, 4.69) is 22.4 Å². The second kappa shape index (κ2) is 9.44. The second-order valence-corrected chi connectivity index (χ2v) is 5.88. The number of hydrogen-bond acceptors (Lipinski definition) is 5. The van der Waals surface area contributed by atoms with Crippen LogP contribution in [0.5, 0.6) is 0 Å². The molecule has 0 aliphatic rings. The van der Waals surface area contributed by atoms with E-state index in [9.17, 15) is 5.11 Å². The third-order valence-corrected chi connectivity index (χ3v) is 3.75. The summed E-state index contributed by atoms with van der Waals surface area (Å²) in [6, 6.07) is 4.21. The lowest BCUT2D eigenvalue weighted by Crippen LogP contribution is -2.34. The summed E-state index contributed by atoms with van der Waals surface area (Å²) >= 11 is 1.78. The molecule has 1 aromatic rings. The third-order valence-electron chi connectivity index (χ3n) is 2.82. The van der Waals surface area contributed by atoms with Crippen LogP contribution in [-0.2, 0) is 15.9 Å². The van der Waals surface area contributed by atoms with E-state index >= 15 is 0 Å². The van der Waals surface area contributed by atoms with Crippen molar-refractivity contribution >= 4 is 11.3 Å². The van der Waals surface area contributed by atoms with Gasteiger partial charge in [0.1, 0.15) is 0 Å². The first-order valence-electron chi connectivity index (χ1n) is 6.61. The van der Waals surface area contributed by atoms with Crippen LogP contribution in [0.1, 0.15) is 11.8 Å². The number of aliphatic hydroxyl groups excluding tert-OH is 1. The van der Waals surface area contributed by atoms with Crippen molar-refractivity contribution in [1.82, 2.24) is 4.90 Å². The summed E-state index contributed by atoms with van der Waals surface area (Å²) in [5, 5.41) is 12.0. The van der Waals surface area contributed by atoms with Gasteiger partial charge in [-0.15, -0.1) is 11.3 Å². The van der Waals surface area contributed by atoms with Crippen molar-refractivity contribution in [2.45, 2.75) is 25.6 Å². The molecule has 0 aliphatic carbocycles. The topological polar surface area (TPSA) is 41.9 Å². The van der Waals surface area contributed by atoms with Gasteiger partial charge >= 0.3 is 0 Å². The van der Waals surface area contributed by atoms with Crippen LogP contribution in [-0.4, -0.2) is 62.7 Å². The zero-order valence-corrected chi connectivity index (χ0v) is 12.9. The molecule has 0 spiro atoms. The van der Waals surface area contributed by atoms with Gasteiger partial charge in [0, 0.05) is 25.1 Å². The number of rotatable bonds is 10. The van der Waals surface area contributed by atoms with Gasteiger partial charge in [-0.05, 0) is 31.8 Å². The summed E-state index contributed by atoms with van der Waals surface area (Å²) in [6.07, 6.45) is 0.602. The Labute approximate surface area is 120 Å². The van der Waals surface area contributed by atoms with Gasteiger partial charge in [-0.2, -0.15) is 0 Å². The molecule has 0 radical (unpaired) electrons. The van der Waals surface area contributed by atoms with Crippen LogP contribution >= 0.6 is 11.3 Å². The fourth-order valence-corrected chi connectivity index (χ4v) is 2.52. The maximum Gasteiger partial charge on any atom is 0.0900 e. The largest absolute Gasteiger partial charge is 0.389 e. The summed E-state index contributed by atoms with van der Waals surface area (Å²) in [5.41, 5.74) is 0. The molecular formula is C14H25NO3S. The fourth-order valence-electron chi connectivity index (χ4n) is 1.82. The molecule has 0 amide bonds. The van der Waals surface area contributed by atoms with Crippen molar-refractivity contribution < 1.29 is 14.6 Å². The average Bonchev–Trinajstić information content (AvgIpc) is 2.87. The standard InChI is InChI=1S/C14H25NO3S/c1-12(10-17-3)18-11-13(16)9-15(2)7-6-14-5-4-8-19-14/h4-5,8,12-13,16H,6-7,9-11H2,1-3H3. The Bertz CT molecular complexity index is 319. The first-order chi connectivity index (χ1) is 9.11. The van der Waals surface area contributed by atoms with Crippen LogP contribution in [0.25, 0.3) is 0 Å². The van der Waals surface area contributed by atoms with Crippen LogP contribution in [0, 0.1) is 0 Å². The Morgan fingerprint density at radius 1 is 1.42 bits per heavy atom. The minimum absolute atomic E-state index is 0.0241. The molecule has 0 saturated heterocycles. The van der Waals surface area contributed by atoms with Crippen molar-refractivity contribution in [3.05, 3.63) is 22.4 Å². The van der Waals surface area contributed by atoms with Gasteiger partial charge in [0.15, 0.2) is 0 Å². The lowest BCUT2D eigenvalue weighted by molar-refractivity contribution is -0.0379. The molecule has 1 aromatic heterocycles. The number of hydrogen-bond donors (Lipinski definition) is 1. The highest BCUT2D eigenvalue weighted by Crippen LogP contribution is 2.09. The van der Waals surface area contributed by atoms with E-state index in [1.807, 2.05) is 14.0 Å². The molecule has 110 valence electrons. The number of ether oxygens (including phenoxy) is 2. The molecule has 19 heavy (non-hydrogen) atoms. The molecule has 1 N–H and O–H groups in total. The van der Waals surface area contributed by atoms with E-state index in [4.69, 9.17) is 9.47 Å². The molecule has 0 saturated carbocycles. The van der Waals surface area contributed by atoms with Gasteiger partial charge in [0.2, 0.25) is 0 Å². The Hall–Kier alpha value is -0.460. The summed E-state index contributed by atoms with van der Waals surface area (Å²) in [7, 11) is 3.67. The molecule has 1 rings (SSSR count). The fraction of sp³-hybridized carbons (Fsp3) is 0.714. The predicted octanol–water partition coefficient (Wildman–Crippen LogP) is 1.63. The van der Waals surface area contributed by atoms with Crippen molar-refractivity contribution in [1.29, 1.82) is 0 Å². The van der Waals surface area contributed by atoms with Crippen LogP contribution < -0.4 is 0 Å². The van der Waals surface area contributed by atoms with Crippen LogP contribution in [0.15, 0.2) is 17.5 Å². The highest BCUT2D eigenvalue weighted by molar-refractivity contribution is 7.09. The van der Waals surface area contributed by atoms with Crippen molar-refractivity contribution in [3.8, 4) is 0 Å². The lowest BCUT2D eigenvalue weighted by atomic mass is 10.3. The van der Waals surface area contributed by atoms with Gasteiger partial charge in [0.05, 0.1) is 25.4 Å². The van der Waals surface area contributed by atoms with Gasteiger partial charge in [-0.25, -0.2) is 0 Å². The normalized spacial score (nSPS) is 14.8. The summed E-state index contributed by atoms with van der Waals surface area (Å²) in [4.78, 5) is 3.51. The van der Waals surface area contributed by atoms with Gasteiger partial charge in [-0.1, -0.05) is 6.07 Å². The zero-order valence-electron chi connectivity index (χ0n) is 12.0. The highest BCUT2D eigenvalue weighted by Gasteiger charge is 2.11. The Balaban J connectivity index is 2.11. The average molecular weight is 287 g/mol. The summed E-state index contributed by atoms with van der Waals surface area (Å²) in [6.45, 7) is 4.43. The predicted molar refractivity (Wildman–Crippen MR) is 78.8 cm³/mol. The molecule has 1 heterocycles. The number of nitrogens with zero attached hydrogens (tertiary/aromatic N) is 1. The number of methoxy groups -OCH3 is 1. The number of likely N-dealkylation sites (N-methyl/N-ethyl adjacent to an activating group) is 1. The Morgan fingerprint density at radius 3 is 2.84 bits per heavy atom. The third kappa shape index (κ3) is 7.64. The van der Waals surface area contributed by atoms with Gasteiger partial charge < -0.3 is 19.5 Å². The molecule has 0 aliphatic heterocycles. The number of aliphatic hydroxyl groups is 1. The van der Waals surface area contributed by atoms with Crippen molar-refractivity contribution in [3.63, 3.8) is 0 Å². The Kier molecular flexibility index (Phi) is 8.25. The summed E-state index contributed by atoms with van der Waals surface area (Å²) < 4.78 is 10.5. The van der Waals surface area contributed by atoms with E-state index in [1.165, 1.54) is 4.88 Å².